The third-order valence-corrected chi connectivity index (χ3v) is 7.36. The minimum atomic E-state index is -0.0890. The quantitative estimate of drug-likeness (QED) is 0.224. The highest BCUT2D eigenvalue weighted by Gasteiger charge is 2.33. The maximum absolute atomic E-state index is 12.6. The minimum Gasteiger partial charge on any atom is -0.427 e. The first-order valence-electron chi connectivity index (χ1n) is 12.0. The van der Waals surface area contributed by atoms with Crippen LogP contribution >= 0.6 is 0 Å². The van der Waals surface area contributed by atoms with Gasteiger partial charge in [-0.05, 0) is 80.6 Å². The number of allylic oxidation sites excluding steroid dienone is 3. The van der Waals surface area contributed by atoms with Gasteiger partial charge in [0, 0.05) is 0 Å². The van der Waals surface area contributed by atoms with Gasteiger partial charge < -0.3 is 4.74 Å². The van der Waals surface area contributed by atoms with E-state index in [1.807, 2.05) is 6.08 Å². The molecule has 2 aliphatic rings. The lowest BCUT2D eigenvalue weighted by atomic mass is 9.69. The number of ether oxygens (including phenoxy) is 1. The van der Waals surface area contributed by atoms with Gasteiger partial charge in [-0.2, -0.15) is 0 Å². The van der Waals surface area contributed by atoms with Crippen LogP contribution in [0, 0.1) is 35.5 Å². The van der Waals surface area contributed by atoms with Crippen LogP contribution in [0.3, 0.4) is 0 Å². The van der Waals surface area contributed by atoms with Crippen LogP contribution in [-0.2, 0) is 9.53 Å². The summed E-state index contributed by atoms with van der Waals surface area (Å²) >= 11 is 0. The van der Waals surface area contributed by atoms with Crippen LogP contribution < -0.4 is 0 Å². The summed E-state index contributed by atoms with van der Waals surface area (Å²) < 4.78 is 5.55. The summed E-state index contributed by atoms with van der Waals surface area (Å²) in [6.07, 6.45) is 16.0. The Balaban J connectivity index is 1.70. The van der Waals surface area contributed by atoms with Gasteiger partial charge in [0.05, 0.1) is 5.92 Å². The largest absolute Gasteiger partial charge is 0.427 e. The standard InChI is InChI=1S/C27H44O2/c1-19(2)7-10-21(4)22(5)11-12-23(6)29-27(28)26-17-15-25(16-18-26)24-13-8-20(3)9-14-24/h11-12,19-21,24-26H,5-10,13-18H2,1-4H3/b12-11-. The Kier molecular flexibility index (Phi) is 9.72. The van der Waals surface area contributed by atoms with Crippen LogP contribution in [0.5, 0.6) is 0 Å². The first-order valence-corrected chi connectivity index (χ1v) is 12.0. The van der Waals surface area contributed by atoms with E-state index in [9.17, 15) is 4.79 Å². The summed E-state index contributed by atoms with van der Waals surface area (Å²) in [5.74, 6) is 4.18. The zero-order valence-corrected chi connectivity index (χ0v) is 19.4. The lowest BCUT2D eigenvalue weighted by Crippen LogP contribution is -2.28. The highest BCUT2D eigenvalue weighted by atomic mass is 16.5. The molecule has 0 radical (unpaired) electrons. The van der Waals surface area contributed by atoms with Gasteiger partial charge in [0.2, 0.25) is 0 Å². The third kappa shape index (κ3) is 8.15. The molecule has 1 unspecified atom stereocenters. The summed E-state index contributed by atoms with van der Waals surface area (Å²) in [4.78, 5) is 12.6. The zero-order valence-electron chi connectivity index (χ0n) is 19.4. The van der Waals surface area contributed by atoms with Crippen molar-refractivity contribution in [3.63, 3.8) is 0 Å². The fourth-order valence-corrected chi connectivity index (χ4v) is 4.96. The van der Waals surface area contributed by atoms with Crippen molar-refractivity contribution in [2.45, 2.75) is 91.9 Å². The molecule has 29 heavy (non-hydrogen) atoms. The normalized spacial score (nSPS) is 29.0. The van der Waals surface area contributed by atoms with Gasteiger partial charge >= 0.3 is 5.97 Å². The van der Waals surface area contributed by atoms with Crippen molar-refractivity contribution >= 4 is 5.97 Å². The Morgan fingerprint density at radius 1 is 0.897 bits per heavy atom. The number of carbonyl (C=O) groups is 1. The Labute approximate surface area is 179 Å². The molecule has 0 N–H and O–H groups in total. The first-order chi connectivity index (χ1) is 13.8. The minimum absolute atomic E-state index is 0.0482. The van der Waals surface area contributed by atoms with Crippen LogP contribution in [0.1, 0.15) is 91.9 Å². The molecule has 0 aliphatic heterocycles. The molecule has 0 amide bonds. The zero-order chi connectivity index (χ0) is 21.4. The van der Waals surface area contributed by atoms with E-state index in [2.05, 4.69) is 40.9 Å². The second-order valence-corrected chi connectivity index (χ2v) is 10.3. The topological polar surface area (TPSA) is 26.3 Å². The summed E-state index contributed by atoms with van der Waals surface area (Å²) in [5, 5.41) is 0. The average Bonchev–Trinajstić information content (AvgIpc) is 2.70. The molecule has 0 bridgehead atoms. The molecule has 0 saturated heterocycles. The Hall–Kier alpha value is -1.31. The van der Waals surface area contributed by atoms with Gasteiger partial charge in [0.25, 0.3) is 0 Å². The van der Waals surface area contributed by atoms with Crippen molar-refractivity contribution in [2.75, 3.05) is 0 Å². The second-order valence-electron chi connectivity index (χ2n) is 10.3. The molecule has 1 atom stereocenters. The monoisotopic (exact) mass is 400 g/mol. The van der Waals surface area contributed by atoms with Crippen molar-refractivity contribution in [1.29, 1.82) is 0 Å². The van der Waals surface area contributed by atoms with E-state index < -0.39 is 0 Å². The fraction of sp³-hybridized carbons (Fsp3) is 0.741. The SMILES string of the molecule is C=C(/C=C\C(=C)C(C)CCC(C)C)OC(=O)C1CCC(C2CCC(C)CC2)CC1. The van der Waals surface area contributed by atoms with Gasteiger partial charge in [-0.1, -0.05) is 71.8 Å². The number of esters is 1. The molecule has 164 valence electrons. The Bertz CT molecular complexity index is 569. The van der Waals surface area contributed by atoms with Crippen LogP contribution in [-0.4, -0.2) is 5.97 Å². The molecule has 2 saturated carbocycles. The van der Waals surface area contributed by atoms with E-state index in [-0.39, 0.29) is 11.9 Å². The molecule has 0 aromatic carbocycles. The van der Waals surface area contributed by atoms with Gasteiger partial charge in [-0.25, -0.2) is 0 Å². The summed E-state index contributed by atoms with van der Waals surface area (Å²) in [6, 6.07) is 0. The number of hydrogen-bond donors (Lipinski definition) is 0. The first kappa shape index (κ1) is 24.0. The molecule has 0 aromatic rings. The maximum atomic E-state index is 12.6. The molecule has 2 nitrogen and oxygen atoms in total. The van der Waals surface area contributed by atoms with E-state index in [1.165, 1.54) is 44.9 Å². The molecule has 0 heterocycles. The third-order valence-electron chi connectivity index (χ3n) is 7.36. The average molecular weight is 401 g/mol. The maximum Gasteiger partial charge on any atom is 0.314 e. The van der Waals surface area contributed by atoms with Crippen LogP contribution in [0.25, 0.3) is 0 Å². The van der Waals surface area contributed by atoms with Crippen molar-refractivity contribution in [3.05, 3.63) is 36.6 Å². The second kappa shape index (κ2) is 11.8. The number of hydrogen-bond acceptors (Lipinski definition) is 2. The lowest BCUT2D eigenvalue weighted by Gasteiger charge is -2.36. The van der Waals surface area contributed by atoms with Gasteiger partial charge in [-0.3, -0.25) is 4.79 Å². The van der Waals surface area contributed by atoms with Gasteiger partial charge in [-0.15, -0.1) is 0 Å². The predicted molar refractivity (Wildman–Crippen MR) is 123 cm³/mol. The predicted octanol–water partition coefficient (Wildman–Crippen LogP) is 7.86. The number of carbonyl (C=O) groups excluding carboxylic acids is 1. The highest BCUT2D eigenvalue weighted by molar-refractivity contribution is 5.73. The van der Waals surface area contributed by atoms with Crippen LogP contribution in [0.4, 0.5) is 0 Å². The molecule has 2 fully saturated rings. The van der Waals surface area contributed by atoms with Crippen molar-refractivity contribution in [2.24, 2.45) is 35.5 Å². The smallest absolute Gasteiger partial charge is 0.314 e. The molecule has 0 aromatic heterocycles. The Morgan fingerprint density at radius 3 is 2.00 bits per heavy atom. The molecular formula is C27H44O2. The van der Waals surface area contributed by atoms with Crippen molar-refractivity contribution in [3.8, 4) is 0 Å². The van der Waals surface area contributed by atoms with Gasteiger partial charge in [0.1, 0.15) is 5.76 Å². The van der Waals surface area contributed by atoms with Crippen molar-refractivity contribution < 1.29 is 9.53 Å². The van der Waals surface area contributed by atoms with E-state index in [0.29, 0.717) is 17.6 Å². The fourth-order valence-electron chi connectivity index (χ4n) is 4.96. The molecule has 0 spiro atoms. The van der Waals surface area contributed by atoms with E-state index in [0.717, 1.165) is 42.6 Å². The van der Waals surface area contributed by atoms with Crippen LogP contribution in [0.2, 0.25) is 0 Å². The summed E-state index contributed by atoms with van der Waals surface area (Å²) in [7, 11) is 0. The molecule has 2 heteroatoms. The number of rotatable bonds is 9. The van der Waals surface area contributed by atoms with Gasteiger partial charge in [0.15, 0.2) is 0 Å². The summed E-state index contributed by atoms with van der Waals surface area (Å²) in [5.41, 5.74) is 1.07. The highest BCUT2D eigenvalue weighted by Crippen LogP contribution is 2.41. The van der Waals surface area contributed by atoms with Crippen LogP contribution in [0.15, 0.2) is 36.6 Å². The van der Waals surface area contributed by atoms with E-state index >= 15 is 0 Å². The Morgan fingerprint density at radius 2 is 1.45 bits per heavy atom. The van der Waals surface area contributed by atoms with E-state index in [4.69, 9.17) is 4.74 Å². The molecule has 2 rings (SSSR count). The molecule has 2 aliphatic carbocycles. The van der Waals surface area contributed by atoms with Crippen molar-refractivity contribution in [1.82, 2.24) is 0 Å². The van der Waals surface area contributed by atoms with E-state index in [1.54, 1.807) is 6.08 Å². The lowest BCUT2D eigenvalue weighted by molar-refractivity contribution is -0.145. The molecular weight excluding hydrogens is 356 g/mol. The summed E-state index contributed by atoms with van der Waals surface area (Å²) in [6.45, 7) is 17.2.